The van der Waals surface area contributed by atoms with Crippen molar-refractivity contribution in [3.05, 3.63) is 60.8 Å². The molecule has 0 saturated carbocycles. The molecular weight excluding hydrogens is 541 g/mol. The highest BCUT2D eigenvalue weighted by Crippen LogP contribution is 2.43. The fourth-order valence-electron chi connectivity index (χ4n) is 3.24. The highest BCUT2D eigenvalue weighted by Gasteiger charge is 2.39. The molecule has 2 amide bonds. The van der Waals surface area contributed by atoms with Crippen molar-refractivity contribution < 1.29 is 51.3 Å². The average molecular weight is 572 g/mol. The van der Waals surface area contributed by atoms with E-state index in [1.165, 1.54) is 24.2 Å². The Morgan fingerprint density at radius 3 is 1.97 bits per heavy atom. The smallest absolute Gasteiger partial charge is 0.463 e. The molecule has 3 unspecified atom stereocenters. The third kappa shape index (κ3) is 10.3. The van der Waals surface area contributed by atoms with E-state index in [0.717, 1.165) is 0 Å². The van der Waals surface area contributed by atoms with Gasteiger partial charge in [0.05, 0.1) is 26.9 Å². The second-order valence-corrected chi connectivity index (χ2v) is 8.60. The number of allylic oxidation sites excluding steroid dienone is 1. The summed E-state index contributed by atoms with van der Waals surface area (Å²) in [6.45, 7) is -1.82. The fraction of sp³-hybridized carbons (Fsp3) is 0.360. The standard InChI is InChI=1S/C24H29N2O9P.CH2F2/c1-25-24(29)26(13-4-14-27)23-15-21(28)22(33-23)16-32-36(34-19-9-5-17(30-2)6-10-19)35-20-11-7-18(31-3)8-12-20;2-1-3/h4-14,21-23,28H,15-16H2,1-3H3,(H,25,29);1H2/b13-4-;. The number of methoxy groups -OCH3 is 2. The summed E-state index contributed by atoms with van der Waals surface area (Å²) in [4.78, 5) is 24.1. The van der Waals surface area contributed by atoms with Crippen LogP contribution in [0.4, 0.5) is 13.6 Å². The van der Waals surface area contributed by atoms with Crippen LogP contribution in [-0.4, -0.2) is 75.6 Å². The van der Waals surface area contributed by atoms with Crippen LogP contribution in [0.25, 0.3) is 0 Å². The molecule has 0 spiro atoms. The van der Waals surface area contributed by atoms with Gasteiger partial charge in [0.25, 0.3) is 0 Å². The Bertz CT molecular complexity index is 982. The highest BCUT2D eigenvalue weighted by atomic mass is 31.2. The number of aliphatic hydroxyl groups is 1. The summed E-state index contributed by atoms with van der Waals surface area (Å²) >= 11 is 0. The lowest BCUT2D eigenvalue weighted by atomic mass is 10.2. The molecule has 1 saturated heterocycles. The maximum atomic E-state index is 12.2. The number of hydrogen-bond donors (Lipinski definition) is 2. The number of carbonyl (C=O) groups is 2. The Labute approximate surface area is 226 Å². The van der Waals surface area contributed by atoms with Crippen LogP contribution in [0.1, 0.15) is 6.42 Å². The number of nitrogens with zero attached hydrogens (tertiary/aromatic N) is 1. The highest BCUT2D eigenvalue weighted by molar-refractivity contribution is 7.42. The number of halogens is 2. The normalized spacial score (nSPS) is 18.2. The molecule has 0 bridgehead atoms. The van der Waals surface area contributed by atoms with E-state index in [1.54, 1.807) is 62.8 Å². The predicted molar refractivity (Wildman–Crippen MR) is 138 cm³/mol. The van der Waals surface area contributed by atoms with Gasteiger partial charge in [-0.05, 0) is 54.6 Å². The van der Waals surface area contributed by atoms with Gasteiger partial charge in [-0.3, -0.25) is 14.2 Å². The second-order valence-electron chi connectivity index (χ2n) is 7.53. The molecule has 3 atom stereocenters. The molecule has 1 fully saturated rings. The molecule has 0 aliphatic carbocycles. The lowest BCUT2D eigenvalue weighted by Crippen LogP contribution is -2.41. The van der Waals surface area contributed by atoms with Crippen molar-refractivity contribution in [1.82, 2.24) is 10.2 Å². The van der Waals surface area contributed by atoms with Gasteiger partial charge in [-0.1, -0.05) is 0 Å². The molecule has 2 aromatic carbocycles. The zero-order chi connectivity index (χ0) is 28.6. The second kappa shape index (κ2) is 17.2. The maximum Gasteiger partial charge on any atom is 0.463 e. The number of benzene rings is 2. The molecule has 39 heavy (non-hydrogen) atoms. The summed E-state index contributed by atoms with van der Waals surface area (Å²) in [6, 6.07) is 13.3. The molecule has 1 aliphatic rings. The molecule has 14 heteroatoms. The van der Waals surface area contributed by atoms with Crippen LogP contribution in [0.2, 0.25) is 0 Å². The quantitative estimate of drug-likeness (QED) is 0.220. The van der Waals surface area contributed by atoms with Gasteiger partial charge in [0.2, 0.25) is 6.93 Å². The van der Waals surface area contributed by atoms with Crippen LogP contribution in [0.3, 0.4) is 0 Å². The Balaban J connectivity index is 0.00000170. The van der Waals surface area contributed by atoms with Crippen molar-refractivity contribution in [2.24, 2.45) is 0 Å². The predicted octanol–water partition coefficient (Wildman–Crippen LogP) is 4.12. The molecule has 214 valence electrons. The Hall–Kier alpha value is -3.51. The van der Waals surface area contributed by atoms with E-state index >= 15 is 0 Å². The van der Waals surface area contributed by atoms with Gasteiger partial charge in [-0.15, -0.1) is 0 Å². The number of ether oxygens (including phenoxy) is 3. The van der Waals surface area contributed by atoms with Crippen LogP contribution < -0.4 is 23.8 Å². The third-order valence-electron chi connectivity index (χ3n) is 5.11. The van der Waals surface area contributed by atoms with Crippen molar-refractivity contribution in [3.63, 3.8) is 0 Å². The lowest BCUT2D eigenvalue weighted by molar-refractivity contribution is -0.104. The van der Waals surface area contributed by atoms with E-state index in [0.29, 0.717) is 29.3 Å². The van der Waals surface area contributed by atoms with Gasteiger partial charge < -0.3 is 33.7 Å². The molecule has 2 aromatic rings. The van der Waals surface area contributed by atoms with Crippen LogP contribution in [0, 0.1) is 0 Å². The monoisotopic (exact) mass is 572 g/mol. The SMILES string of the molecule is CNC(=O)N(/C=C\C=O)C1CC(O)C(COP(Oc2ccc(OC)cc2)Oc2ccc(OC)cc2)O1.FCF. The number of urea groups is 1. The van der Waals surface area contributed by atoms with Crippen LogP contribution >= 0.6 is 8.60 Å². The zero-order valence-corrected chi connectivity index (χ0v) is 22.5. The first-order valence-electron chi connectivity index (χ1n) is 11.5. The summed E-state index contributed by atoms with van der Waals surface area (Å²) in [6.07, 6.45) is 0.643. The largest absolute Gasteiger partial charge is 0.497 e. The van der Waals surface area contributed by atoms with Crippen molar-refractivity contribution in [1.29, 1.82) is 0 Å². The van der Waals surface area contributed by atoms with Gasteiger partial charge in [-0.2, -0.15) is 0 Å². The first-order valence-corrected chi connectivity index (χ1v) is 12.6. The zero-order valence-electron chi connectivity index (χ0n) is 21.6. The minimum Gasteiger partial charge on any atom is -0.497 e. The van der Waals surface area contributed by atoms with Gasteiger partial charge in [0.1, 0.15) is 41.6 Å². The van der Waals surface area contributed by atoms with Gasteiger partial charge >= 0.3 is 14.6 Å². The van der Waals surface area contributed by atoms with E-state index in [2.05, 4.69) is 5.32 Å². The summed E-state index contributed by atoms with van der Waals surface area (Å²) in [7, 11) is 2.63. The number of rotatable bonds is 12. The van der Waals surface area contributed by atoms with E-state index in [-0.39, 0.29) is 13.0 Å². The molecule has 1 heterocycles. The summed E-state index contributed by atoms with van der Waals surface area (Å²) in [5, 5.41) is 13.0. The molecule has 3 rings (SSSR count). The summed E-state index contributed by atoms with van der Waals surface area (Å²) < 4.78 is 53.2. The minimum absolute atomic E-state index is 0.0747. The Kier molecular flexibility index (Phi) is 13.9. The number of carbonyl (C=O) groups excluding carboxylic acids is 2. The van der Waals surface area contributed by atoms with Crippen LogP contribution in [0.15, 0.2) is 60.8 Å². The number of alkyl halides is 2. The Morgan fingerprint density at radius 1 is 1.05 bits per heavy atom. The van der Waals surface area contributed by atoms with E-state index in [9.17, 15) is 23.5 Å². The van der Waals surface area contributed by atoms with E-state index < -0.39 is 40.0 Å². The fourth-order valence-corrected chi connectivity index (χ4v) is 4.24. The van der Waals surface area contributed by atoms with Crippen molar-refractivity contribution in [2.45, 2.75) is 24.9 Å². The van der Waals surface area contributed by atoms with Crippen LogP contribution in [-0.2, 0) is 14.1 Å². The molecule has 1 aliphatic heterocycles. The minimum atomic E-state index is -1.96. The third-order valence-corrected chi connectivity index (χ3v) is 6.19. The molecule has 0 radical (unpaired) electrons. The number of hydrogen-bond acceptors (Lipinski definition) is 9. The number of amides is 2. The molecule has 0 aromatic heterocycles. The van der Waals surface area contributed by atoms with Gasteiger partial charge in [0, 0.05) is 19.7 Å². The Morgan fingerprint density at radius 2 is 1.54 bits per heavy atom. The van der Waals surface area contributed by atoms with E-state index in [4.69, 9.17) is 27.8 Å². The first-order chi connectivity index (χ1) is 18.9. The number of aldehydes is 1. The first kappa shape index (κ1) is 31.7. The summed E-state index contributed by atoms with van der Waals surface area (Å²) in [5.41, 5.74) is 0. The number of nitrogens with one attached hydrogen (secondary N) is 1. The van der Waals surface area contributed by atoms with E-state index in [1.807, 2.05) is 0 Å². The van der Waals surface area contributed by atoms with Crippen molar-refractivity contribution in [2.75, 3.05) is 34.8 Å². The lowest BCUT2D eigenvalue weighted by Gasteiger charge is -2.25. The van der Waals surface area contributed by atoms with Crippen molar-refractivity contribution >= 4 is 20.9 Å². The van der Waals surface area contributed by atoms with Crippen LogP contribution in [0.5, 0.6) is 23.0 Å². The number of aliphatic hydroxyl groups excluding tert-OH is 1. The van der Waals surface area contributed by atoms with Crippen molar-refractivity contribution in [3.8, 4) is 23.0 Å². The summed E-state index contributed by atoms with van der Waals surface area (Å²) in [5.74, 6) is 2.32. The molecule has 11 nitrogen and oxygen atoms in total. The molecule has 2 N–H and O–H groups in total. The maximum absolute atomic E-state index is 12.2. The molecular formula is C25H31F2N2O9P. The average Bonchev–Trinajstić information content (AvgIpc) is 3.32. The topological polar surface area (TPSA) is 125 Å². The van der Waals surface area contributed by atoms with Gasteiger partial charge in [0.15, 0.2) is 0 Å². The van der Waals surface area contributed by atoms with Gasteiger partial charge in [-0.25, -0.2) is 13.6 Å².